The third kappa shape index (κ3) is 5.12. The molecule has 0 aliphatic heterocycles. The summed E-state index contributed by atoms with van der Waals surface area (Å²) in [5.41, 5.74) is 2.34. The Kier molecular flexibility index (Phi) is 6.23. The standard InChI is InChI=1S/C18H24N4O3S2/c1-12(2)17-21-22-18(26-17)20-16(23)9-10-19-27(24,25)15-8-7-13-5-3-4-6-14(13)11-15/h7-8,11-12,19H,3-6,9-10H2,1-2H3,(H,20,22,23). The van der Waals surface area contributed by atoms with Gasteiger partial charge in [0.05, 0.1) is 4.90 Å². The molecule has 0 fully saturated rings. The highest BCUT2D eigenvalue weighted by Crippen LogP contribution is 2.24. The largest absolute Gasteiger partial charge is 0.300 e. The number of carbonyl (C=O) groups is 1. The van der Waals surface area contributed by atoms with E-state index in [1.807, 2.05) is 19.9 Å². The van der Waals surface area contributed by atoms with Crippen molar-refractivity contribution in [1.29, 1.82) is 0 Å². The molecule has 2 N–H and O–H groups in total. The summed E-state index contributed by atoms with van der Waals surface area (Å²) in [6.45, 7) is 4.03. The van der Waals surface area contributed by atoms with Crippen LogP contribution in [-0.4, -0.2) is 31.1 Å². The molecule has 1 aromatic heterocycles. The quantitative estimate of drug-likeness (QED) is 0.734. The van der Waals surface area contributed by atoms with Crippen molar-refractivity contribution in [2.45, 2.75) is 56.8 Å². The van der Waals surface area contributed by atoms with Gasteiger partial charge in [-0.2, -0.15) is 0 Å². The molecule has 0 atom stereocenters. The number of rotatable bonds is 7. The molecular weight excluding hydrogens is 384 g/mol. The van der Waals surface area contributed by atoms with Crippen LogP contribution in [0, 0.1) is 0 Å². The Bertz CT molecular complexity index is 922. The zero-order valence-electron chi connectivity index (χ0n) is 15.5. The van der Waals surface area contributed by atoms with E-state index in [0.717, 1.165) is 36.3 Å². The van der Waals surface area contributed by atoms with Crippen molar-refractivity contribution < 1.29 is 13.2 Å². The number of hydrogen-bond acceptors (Lipinski definition) is 6. The van der Waals surface area contributed by atoms with Gasteiger partial charge >= 0.3 is 0 Å². The smallest absolute Gasteiger partial charge is 0.240 e. The van der Waals surface area contributed by atoms with Crippen LogP contribution in [0.5, 0.6) is 0 Å². The minimum atomic E-state index is -3.62. The summed E-state index contributed by atoms with van der Waals surface area (Å²) >= 11 is 1.33. The lowest BCUT2D eigenvalue weighted by Gasteiger charge is -2.16. The highest BCUT2D eigenvalue weighted by molar-refractivity contribution is 7.89. The summed E-state index contributed by atoms with van der Waals surface area (Å²) in [6, 6.07) is 5.30. The second-order valence-corrected chi connectivity index (χ2v) is 9.71. The topological polar surface area (TPSA) is 101 Å². The molecule has 9 heteroatoms. The van der Waals surface area contributed by atoms with Crippen molar-refractivity contribution in [2.24, 2.45) is 0 Å². The first-order chi connectivity index (χ1) is 12.8. The number of aromatic nitrogens is 2. The molecule has 1 amide bonds. The number of aryl methyl sites for hydroxylation is 2. The Labute approximate surface area is 163 Å². The molecule has 0 bridgehead atoms. The van der Waals surface area contributed by atoms with Gasteiger partial charge < -0.3 is 5.32 Å². The van der Waals surface area contributed by atoms with Crippen molar-refractivity contribution in [2.75, 3.05) is 11.9 Å². The van der Waals surface area contributed by atoms with Crippen LogP contribution in [0.4, 0.5) is 5.13 Å². The monoisotopic (exact) mass is 408 g/mol. The van der Waals surface area contributed by atoms with Gasteiger partial charge in [0.1, 0.15) is 5.01 Å². The zero-order valence-corrected chi connectivity index (χ0v) is 17.1. The Morgan fingerprint density at radius 1 is 1.19 bits per heavy atom. The highest BCUT2D eigenvalue weighted by atomic mass is 32.2. The highest BCUT2D eigenvalue weighted by Gasteiger charge is 2.18. The van der Waals surface area contributed by atoms with E-state index in [2.05, 4.69) is 20.2 Å². The maximum atomic E-state index is 12.5. The average Bonchev–Trinajstić information content (AvgIpc) is 3.10. The van der Waals surface area contributed by atoms with E-state index in [1.54, 1.807) is 12.1 Å². The van der Waals surface area contributed by atoms with Gasteiger partial charge in [0.15, 0.2) is 0 Å². The number of amides is 1. The van der Waals surface area contributed by atoms with Gasteiger partial charge in [-0.25, -0.2) is 13.1 Å². The molecule has 7 nitrogen and oxygen atoms in total. The van der Waals surface area contributed by atoms with Crippen LogP contribution in [0.25, 0.3) is 0 Å². The van der Waals surface area contributed by atoms with Crippen LogP contribution in [0.1, 0.15) is 55.2 Å². The minimum Gasteiger partial charge on any atom is -0.300 e. The number of hydrogen-bond donors (Lipinski definition) is 2. The Hall–Kier alpha value is -1.84. The lowest BCUT2D eigenvalue weighted by Crippen LogP contribution is -2.28. The number of fused-ring (bicyclic) bond motifs is 1. The van der Waals surface area contributed by atoms with Crippen molar-refractivity contribution in [3.05, 3.63) is 34.3 Å². The molecular formula is C18H24N4O3S2. The molecule has 0 saturated carbocycles. The van der Waals surface area contributed by atoms with E-state index >= 15 is 0 Å². The summed E-state index contributed by atoms with van der Waals surface area (Å²) in [5.74, 6) is -0.0498. The predicted octanol–water partition coefficient (Wildman–Crippen LogP) is 2.85. The van der Waals surface area contributed by atoms with Crippen LogP contribution in [-0.2, 0) is 27.7 Å². The van der Waals surface area contributed by atoms with Crippen molar-refractivity contribution in [3.63, 3.8) is 0 Å². The maximum Gasteiger partial charge on any atom is 0.240 e. The van der Waals surface area contributed by atoms with Gasteiger partial charge in [-0.1, -0.05) is 31.3 Å². The fraction of sp³-hybridized carbons (Fsp3) is 0.500. The van der Waals surface area contributed by atoms with Crippen LogP contribution in [0.15, 0.2) is 23.1 Å². The van der Waals surface area contributed by atoms with E-state index in [9.17, 15) is 13.2 Å². The molecule has 2 aromatic rings. The van der Waals surface area contributed by atoms with E-state index in [-0.39, 0.29) is 29.7 Å². The van der Waals surface area contributed by atoms with Gasteiger partial charge in [-0.3, -0.25) is 4.79 Å². The first-order valence-electron chi connectivity index (χ1n) is 9.10. The fourth-order valence-corrected chi connectivity index (χ4v) is 4.80. The molecule has 0 unspecified atom stereocenters. The summed E-state index contributed by atoms with van der Waals surface area (Å²) in [5, 5.41) is 11.9. The molecule has 1 heterocycles. The normalized spacial score (nSPS) is 14.2. The number of nitrogens with one attached hydrogen (secondary N) is 2. The SMILES string of the molecule is CC(C)c1nnc(NC(=O)CCNS(=O)(=O)c2ccc3c(c2)CCCC3)s1. The zero-order chi connectivity index (χ0) is 19.4. The first kappa shape index (κ1) is 19.9. The van der Waals surface area contributed by atoms with E-state index < -0.39 is 10.0 Å². The summed E-state index contributed by atoms with van der Waals surface area (Å²) < 4.78 is 27.4. The molecule has 3 rings (SSSR count). The number of sulfonamides is 1. The van der Waals surface area contributed by atoms with Crippen LogP contribution in [0.3, 0.4) is 0 Å². The molecule has 1 aliphatic carbocycles. The minimum absolute atomic E-state index is 0.0285. The van der Waals surface area contributed by atoms with Crippen molar-refractivity contribution >= 4 is 32.4 Å². The average molecular weight is 409 g/mol. The van der Waals surface area contributed by atoms with Gasteiger partial charge in [-0.15, -0.1) is 10.2 Å². The fourth-order valence-electron chi connectivity index (χ4n) is 2.96. The van der Waals surface area contributed by atoms with Gasteiger partial charge in [-0.05, 0) is 48.9 Å². The number of benzene rings is 1. The van der Waals surface area contributed by atoms with Crippen molar-refractivity contribution in [1.82, 2.24) is 14.9 Å². The van der Waals surface area contributed by atoms with Gasteiger partial charge in [0, 0.05) is 18.9 Å². The summed E-state index contributed by atoms with van der Waals surface area (Å²) in [4.78, 5) is 12.3. The predicted molar refractivity (Wildman–Crippen MR) is 106 cm³/mol. The van der Waals surface area contributed by atoms with Crippen LogP contribution >= 0.6 is 11.3 Å². The Morgan fingerprint density at radius 2 is 1.93 bits per heavy atom. The molecule has 146 valence electrons. The molecule has 1 aliphatic rings. The summed E-state index contributed by atoms with van der Waals surface area (Å²) in [7, 11) is -3.62. The molecule has 0 spiro atoms. The Balaban J connectivity index is 1.53. The van der Waals surface area contributed by atoms with Crippen molar-refractivity contribution in [3.8, 4) is 0 Å². The van der Waals surface area contributed by atoms with E-state index in [0.29, 0.717) is 5.13 Å². The third-order valence-corrected chi connectivity index (χ3v) is 7.05. The first-order valence-corrected chi connectivity index (χ1v) is 11.4. The number of carbonyl (C=O) groups excluding carboxylic acids is 1. The summed E-state index contributed by atoms with van der Waals surface area (Å²) in [6.07, 6.45) is 4.20. The number of nitrogens with zero attached hydrogens (tertiary/aromatic N) is 2. The Morgan fingerprint density at radius 3 is 2.63 bits per heavy atom. The third-order valence-electron chi connectivity index (χ3n) is 4.46. The molecule has 27 heavy (non-hydrogen) atoms. The molecule has 0 radical (unpaired) electrons. The van der Waals surface area contributed by atoms with Crippen LogP contribution < -0.4 is 10.0 Å². The van der Waals surface area contributed by atoms with E-state index in [1.165, 1.54) is 16.9 Å². The van der Waals surface area contributed by atoms with Crippen LogP contribution in [0.2, 0.25) is 0 Å². The second-order valence-electron chi connectivity index (χ2n) is 6.93. The second kappa shape index (κ2) is 8.45. The lowest BCUT2D eigenvalue weighted by molar-refractivity contribution is -0.116. The van der Waals surface area contributed by atoms with Gasteiger partial charge in [0.25, 0.3) is 0 Å². The molecule has 1 aromatic carbocycles. The van der Waals surface area contributed by atoms with Gasteiger partial charge in [0.2, 0.25) is 21.1 Å². The number of anilines is 1. The lowest BCUT2D eigenvalue weighted by atomic mass is 9.92. The maximum absolute atomic E-state index is 12.5. The molecule has 0 saturated heterocycles. The van der Waals surface area contributed by atoms with E-state index in [4.69, 9.17) is 0 Å².